The zero-order valence-electron chi connectivity index (χ0n) is 14.2. The molecule has 138 valence electrons. The maximum Gasteiger partial charge on any atom is 0.317 e. The highest BCUT2D eigenvalue weighted by atomic mass is 35.5. The van der Waals surface area contributed by atoms with Gasteiger partial charge in [0.15, 0.2) is 0 Å². The normalized spacial score (nSPS) is 18.8. The van der Waals surface area contributed by atoms with Crippen molar-refractivity contribution >= 4 is 29.2 Å². The van der Waals surface area contributed by atoms with E-state index in [2.05, 4.69) is 5.32 Å². The SMILES string of the molecule is CN(CC(=O)O)C1CCCN(CC(=O)Nc2ccc(F)cc2Cl)CC1. The lowest BCUT2D eigenvalue weighted by atomic mass is 10.1. The Morgan fingerprint density at radius 3 is 2.84 bits per heavy atom. The summed E-state index contributed by atoms with van der Waals surface area (Å²) >= 11 is 5.92. The third kappa shape index (κ3) is 6.26. The molecule has 0 saturated carbocycles. The van der Waals surface area contributed by atoms with Gasteiger partial charge in [-0.15, -0.1) is 0 Å². The van der Waals surface area contributed by atoms with Crippen LogP contribution in [0.25, 0.3) is 0 Å². The number of hydrogen-bond donors (Lipinski definition) is 2. The summed E-state index contributed by atoms with van der Waals surface area (Å²) in [5, 5.41) is 11.8. The van der Waals surface area contributed by atoms with Crippen LogP contribution in [0.1, 0.15) is 19.3 Å². The topological polar surface area (TPSA) is 72.9 Å². The average Bonchev–Trinajstić information content (AvgIpc) is 2.75. The second-order valence-corrected chi connectivity index (χ2v) is 6.75. The minimum Gasteiger partial charge on any atom is -0.480 e. The summed E-state index contributed by atoms with van der Waals surface area (Å²) in [7, 11) is 1.82. The number of halogens is 2. The van der Waals surface area contributed by atoms with E-state index >= 15 is 0 Å². The van der Waals surface area contributed by atoms with Gasteiger partial charge in [0.25, 0.3) is 0 Å². The van der Waals surface area contributed by atoms with Crippen LogP contribution in [0.15, 0.2) is 18.2 Å². The summed E-state index contributed by atoms with van der Waals surface area (Å²) in [5.74, 6) is -1.49. The van der Waals surface area contributed by atoms with Gasteiger partial charge in [-0.2, -0.15) is 0 Å². The Bertz CT molecular complexity index is 629. The van der Waals surface area contributed by atoms with Crippen molar-refractivity contribution in [1.82, 2.24) is 9.80 Å². The Balaban J connectivity index is 1.84. The van der Waals surface area contributed by atoms with Crippen molar-refractivity contribution in [3.63, 3.8) is 0 Å². The molecule has 1 atom stereocenters. The molecule has 1 aromatic rings. The van der Waals surface area contributed by atoms with Crippen LogP contribution in [0.3, 0.4) is 0 Å². The van der Waals surface area contributed by atoms with Crippen LogP contribution >= 0.6 is 11.6 Å². The van der Waals surface area contributed by atoms with Crippen LogP contribution in [0, 0.1) is 5.82 Å². The quantitative estimate of drug-likeness (QED) is 0.802. The van der Waals surface area contributed by atoms with Crippen LogP contribution < -0.4 is 5.32 Å². The van der Waals surface area contributed by atoms with Crippen molar-refractivity contribution in [2.24, 2.45) is 0 Å². The Morgan fingerprint density at radius 2 is 2.16 bits per heavy atom. The van der Waals surface area contributed by atoms with Crippen molar-refractivity contribution in [2.75, 3.05) is 38.5 Å². The third-order valence-electron chi connectivity index (χ3n) is 4.37. The molecule has 0 bridgehead atoms. The lowest BCUT2D eigenvalue weighted by Gasteiger charge is -2.25. The first-order chi connectivity index (χ1) is 11.8. The molecule has 25 heavy (non-hydrogen) atoms. The molecule has 1 aliphatic heterocycles. The van der Waals surface area contributed by atoms with Crippen molar-refractivity contribution in [3.8, 4) is 0 Å². The number of carboxylic acid groups (broad SMARTS) is 1. The van der Waals surface area contributed by atoms with Gasteiger partial charge in [-0.05, 0) is 51.1 Å². The second-order valence-electron chi connectivity index (χ2n) is 6.34. The van der Waals surface area contributed by atoms with Gasteiger partial charge in [0.1, 0.15) is 5.82 Å². The molecule has 1 amide bonds. The molecule has 1 unspecified atom stereocenters. The Hall–Kier alpha value is -1.70. The summed E-state index contributed by atoms with van der Waals surface area (Å²) in [6.45, 7) is 1.75. The predicted octanol–water partition coefficient (Wildman–Crippen LogP) is 2.29. The number of likely N-dealkylation sites (tertiary alicyclic amines) is 1. The number of carbonyl (C=O) groups is 2. The molecular formula is C17H23ClFN3O3. The molecule has 1 heterocycles. The molecule has 1 saturated heterocycles. The minimum absolute atomic E-state index is 0.0220. The average molecular weight is 372 g/mol. The fraction of sp³-hybridized carbons (Fsp3) is 0.529. The van der Waals surface area contributed by atoms with E-state index in [0.717, 1.165) is 38.4 Å². The van der Waals surface area contributed by atoms with Gasteiger partial charge in [0.2, 0.25) is 5.91 Å². The standard InChI is InChI=1S/C17H23ClFN3O3/c1-21(11-17(24)25)13-3-2-7-22(8-6-13)10-16(23)20-15-5-4-12(19)9-14(15)18/h4-5,9,13H,2-3,6-8,10-11H2,1H3,(H,20,23)(H,24,25). The van der Waals surface area contributed by atoms with E-state index in [4.69, 9.17) is 16.7 Å². The number of amides is 1. The Morgan fingerprint density at radius 1 is 1.40 bits per heavy atom. The number of carboxylic acids is 1. The van der Waals surface area contributed by atoms with Gasteiger partial charge in [-0.3, -0.25) is 19.4 Å². The summed E-state index contributed by atoms with van der Waals surface area (Å²) in [6, 6.07) is 4.05. The van der Waals surface area contributed by atoms with Crippen LogP contribution in [-0.4, -0.2) is 66.1 Å². The summed E-state index contributed by atoms with van der Waals surface area (Å²) in [6.07, 6.45) is 2.62. The lowest BCUT2D eigenvalue weighted by Crippen LogP contribution is -2.37. The first kappa shape index (κ1) is 19.6. The van der Waals surface area contributed by atoms with E-state index in [1.54, 1.807) is 0 Å². The summed E-state index contributed by atoms with van der Waals surface area (Å²) in [5.41, 5.74) is 0.391. The number of hydrogen-bond acceptors (Lipinski definition) is 4. The van der Waals surface area contributed by atoms with Gasteiger partial charge in [-0.1, -0.05) is 11.6 Å². The Kier molecular flexibility index (Phi) is 7.16. The number of likely N-dealkylation sites (N-methyl/N-ethyl adjacent to an activating group) is 1. The van der Waals surface area contributed by atoms with Gasteiger partial charge < -0.3 is 10.4 Å². The van der Waals surface area contributed by atoms with Crippen LogP contribution in [-0.2, 0) is 9.59 Å². The van der Waals surface area contributed by atoms with Gasteiger partial charge in [0.05, 0.1) is 23.8 Å². The number of nitrogens with zero attached hydrogens (tertiary/aromatic N) is 2. The fourth-order valence-electron chi connectivity index (χ4n) is 3.06. The Labute approximate surface area is 151 Å². The molecule has 8 heteroatoms. The van der Waals surface area contributed by atoms with Crippen molar-refractivity contribution in [1.29, 1.82) is 0 Å². The molecule has 0 aliphatic carbocycles. The highest BCUT2D eigenvalue weighted by molar-refractivity contribution is 6.33. The van der Waals surface area contributed by atoms with E-state index in [-0.39, 0.29) is 30.1 Å². The highest BCUT2D eigenvalue weighted by Crippen LogP contribution is 2.22. The van der Waals surface area contributed by atoms with E-state index in [9.17, 15) is 14.0 Å². The van der Waals surface area contributed by atoms with Gasteiger partial charge in [-0.25, -0.2) is 4.39 Å². The largest absolute Gasteiger partial charge is 0.480 e. The zero-order chi connectivity index (χ0) is 18.4. The van der Waals surface area contributed by atoms with Crippen LogP contribution in [0.5, 0.6) is 0 Å². The number of carbonyl (C=O) groups excluding carboxylic acids is 1. The fourth-order valence-corrected chi connectivity index (χ4v) is 3.28. The predicted molar refractivity (Wildman–Crippen MR) is 94.4 cm³/mol. The number of aliphatic carboxylic acids is 1. The van der Waals surface area contributed by atoms with Crippen LogP contribution in [0.2, 0.25) is 5.02 Å². The molecule has 2 N–H and O–H groups in total. The van der Waals surface area contributed by atoms with E-state index in [1.807, 2.05) is 16.8 Å². The molecule has 0 spiro atoms. The summed E-state index contributed by atoms with van der Waals surface area (Å²) in [4.78, 5) is 26.9. The maximum absolute atomic E-state index is 13.0. The number of rotatable bonds is 6. The lowest BCUT2D eigenvalue weighted by molar-refractivity contribution is -0.138. The third-order valence-corrected chi connectivity index (χ3v) is 4.68. The molecular weight excluding hydrogens is 349 g/mol. The van der Waals surface area contributed by atoms with Crippen molar-refractivity contribution in [2.45, 2.75) is 25.3 Å². The van der Waals surface area contributed by atoms with Gasteiger partial charge in [0, 0.05) is 12.6 Å². The molecule has 0 radical (unpaired) electrons. The number of anilines is 1. The van der Waals surface area contributed by atoms with E-state index < -0.39 is 11.8 Å². The smallest absolute Gasteiger partial charge is 0.317 e. The second kappa shape index (κ2) is 9.12. The molecule has 1 aliphatic rings. The van der Waals surface area contributed by atoms with Crippen LogP contribution in [0.4, 0.5) is 10.1 Å². The first-order valence-electron chi connectivity index (χ1n) is 8.24. The molecule has 6 nitrogen and oxygen atoms in total. The molecule has 1 fully saturated rings. The first-order valence-corrected chi connectivity index (χ1v) is 8.62. The zero-order valence-corrected chi connectivity index (χ0v) is 14.9. The summed E-state index contributed by atoms with van der Waals surface area (Å²) < 4.78 is 13.0. The van der Waals surface area contributed by atoms with Crippen molar-refractivity contribution < 1.29 is 19.1 Å². The monoisotopic (exact) mass is 371 g/mol. The molecule has 2 rings (SSSR count). The number of nitrogens with one attached hydrogen (secondary N) is 1. The minimum atomic E-state index is -0.834. The number of benzene rings is 1. The molecule has 0 aromatic heterocycles. The van der Waals surface area contributed by atoms with Crippen molar-refractivity contribution in [3.05, 3.63) is 29.0 Å². The van der Waals surface area contributed by atoms with E-state index in [0.29, 0.717) is 5.69 Å². The van der Waals surface area contributed by atoms with E-state index in [1.165, 1.54) is 12.1 Å². The maximum atomic E-state index is 13.0. The highest BCUT2D eigenvalue weighted by Gasteiger charge is 2.22. The van der Waals surface area contributed by atoms with Gasteiger partial charge >= 0.3 is 5.97 Å². The molecule has 1 aromatic carbocycles.